The monoisotopic (exact) mass is 467 g/mol. The van der Waals surface area contributed by atoms with Gasteiger partial charge in [0.1, 0.15) is 5.75 Å². The van der Waals surface area contributed by atoms with Crippen LogP contribution in [0, 0.1) is 0 Å². The molecule has 0 aromatic heterocycles. The van der Waals surface area contributed by atoms with Gasteiger partial charge in [0.05, 0.1) is 21.3 Å². The Hall–Kier alpha value is -2.92. The Kier molecular flexibility index (Phi) is 7.41. The number of hydrogen-bond acceptors (Lipinski definition) is 4. The van der Waals surface area contributed by atoms with Crippen molar-refractivity contribution in [1.82, 2.24) is 4.90 Å². The van der Waals surface area contributed by atoms with Crippen molar-refractivity contribution in [3.63, 3.8) is 0 Å². The molecule has 5 heteroatoms. The Morgan fingerprint density at radius 1 is 0.867 bits per heavy atom. The SMILES string of the molecule is COc1ccc(CN(C)/C(=C/c2ccccc2Br)c2ccc(OC)c(OC)c2)cc1. The van der Waals surface area contributed by atoms with Gasteiger partial charge in [-0.25, -0.2) is 0 Å². The molecule has 0 aliphatic rings. The van der Waals surface area contributed by atoms with E-state index in [1.807, 2.05) is 42.5 Å². The van der Waals surface area contributed by atoms with Crippen LogP contribution in [0.2, 0.25) is 0 Å². The first-order valence-corrected chi connectivity index (χ1v) is 10.4. The highest BCUT2D eigenvalue weighted by Gasteiger charge is 2.13. The van der Waals surface area contributed by atoms with Gasteiger partial charge in [0, 0.05) is 29.3 Å². The van der Waals surface area contributed by atoms with Crippen LogP contribution in [0.25, 0.3) is 11.8 Å². The van der Waals surface area contributed by atoms with Gasteiger partial charge in [0.15, 0.2) is 11.5 Å². The highest BCUT2D eigenvalue weighted by atomic mass is 79.9. The average molecular weight is 468 g/mol. The maximum absolute atomic E-state index is 5.53. The van der Waals surface area contributed by atoms with Gasteiger partial charge in [-0.05, 0) is 53.6 Å². The smallest absolute Gasteiger partial charge is 0.161 e. The lowest BCUT2D eigenvalue weighted by molar-refractivity contribution is 0.354. The summed E-state index contributed by atoms with van der Waals surface area (Å²) in [5.74, 6) is 2.26. The van der Waals surface area contributed by atoms with Gasteiger partial charge >= 0.3 is 0 Å². The normalized spacial score (nSPS) is 11.2. The van der Waals surface area contributed by atoms with E-state index in [0.29, 0.717) is 11.5 Å². The summed E-state index contributed by atoms with van der Waals surface area (Å²) in [6.07, 6.45) is 2.18. The number of methoxy groups -OCH3 is 3. The van der Waals surface area contributed by atoms with Crippen LogP contribution in [-0.2, 0) is 6.54 Å². The lowest BCUT2D eigenvalue weighted by atomic mass is 10.1. The molecular weight excluding hydrogens is 442 g/mol. The molecule has 0 saturated carbocycles. The minimum absolute atomic E-state index is 0.700. The van der Waals surface area contributed by atoms with Crippen LogP contribution in [0.1, 0.15) is 16.7 Å². The zero-order valence-electron chi connectivity index (χ0n) is 17.7. The van der Waals surface area contributed by atoms with Crippen molar-refractivity contribution < 1.29 is 14.2 Å². The van der Waals surface area contributed by atoms with Crippen LogP contribution in [0.3, 0.4) is 0 Å². The Bertz CT molecular complexity index is 1020. The van der Waals surface area contributed by atoms with E-state index in [-0.39, 0.29) is 0 Å². The summed E-state index contributed by atoms with van der Waals surface area (Å²) in [6.45, 7) is 0.745. The highest BCUT2D eigenvalue weighted by molar-refractivity contribution is 9.10. The average Bonchev–Trinajstić information content (AvgIpc) is 2.78. The van der Waals surface area contributed by atoms with Gasteiger partial charge in [-0.2, -0.15) is 0 Å². The van der Waals surface area contributed by atoms with E-state index < -0.39 is 0 Å². The number of nitrogens with zero attached hydrogens (tertiary/aromatic N) is 1. The molecule has 30 heavy (non-hydrogen) atoms. The third-order valence-corrected chi connectivity index (χ3v) is 5.59. The van der Waals surface area contributed by atoms with Crippen LogP contribution >= 0.6 is 15.9 Å². The molecule has 0 N–H and O–H groups in total. The van der Waals surface area contributed by atoms with E-state index in [4.69, 9.17) is 14.2 Å². The maximum Gasteiger partial charge on any atom is 0.161 e. The molecular formula is C25H26BrNO3. The molecule has 3 rings (SSSR count). The third kappa shape index (κ3) is 5.16. The van der Waals surface area contributed by atoms with Crippen LogP contribution in [-0.4, -0.2) is 33.3 Å². The molecule has 0 spiro atoms. The van der Waals surface area contributed by atoms with E-state index in [1.165, 1.54) is 5.56 Å². The lowest BCUT2D eigenvalue weighted by Crippen LogP contribution is -2.16. The number of halogens is 1. The number of benzene rings is 3. The molecule has 0 aliphatic carbocycles. The van der Waals surface area contributed by atoms with Gasteiger partial charge in [-0.3, -0.25) is 0 Å². The van der Waals surface area contributed by atoms with Gasteiger partial charge in [-0.15, -0.1) is 0 Å². The Balaban J connectivity index is 2.01. The molecule has 3 aromatic carbocycles. The second kappa shape index (κ2) is 10.2. The van der Waals surface area contributed by atoms with Gasteiger partial charge in [-0.1, -0.05) is 46.3 Å². The molecule has 0 radical (unpaired) electrons. The van der Waals surface area contributed by atoms with Crippen molar-refractivity contribution in [3.05, 3.63) is 87.9 Å². The van der Waals surface area contributed by atoms with Crippen molar-refractivity contribution in [2.24, 2.45) is 0 Å². The number of rotatable bonds is 8. The second-order valence-electron chi connectivity index (χ2n) is 6.82. The second-order valence-corrected chi connectivity index (χ2v) is 7.68. The van der Waals surface area contributed by atoms with E-state index in [2.05, 4.69) is 58.2 Å². The molecule has 3 aromatic rings. The number of hydrogen-bond donors (Lipinski definition) is 0. The van der Waals surface area contributed by atoms with Gasteiger partial charge < -0.3 is 19.1 Å². The zero-order chi connectivity index (χ0) is 21.5. The van der Waals surface area contributed by atoms with E-state index >= 15 is 0 Å². The predicted molar refractivity (Wildman–Crippen MR) is 126 cm³/mol. The molecule has 0 aliphatic heterocycles. The van der Waals surface area contributed by atoms with Gasteiger partial charge in [0.25, 0.3) is 0 Å². The first-order chi connectivity index (χ1) is 14.5. The Morgan fingerprint density at radius 3 is 2.20 bits per heavy atom. The number of ether oxygens (including phenoxy) is 3. The molecule has 0 heterocycles. The van der Waals surface area contributed by atoms with Crippen molar-refractivity contribution in [2.75, 3.05) is 28.4 Å². The molecule has 0 bridgehead atoms. The standard InChI is InChI=1S/C25H26BrNO3/c1-27(17-18-9-12-21(28-2)13-10-18)23(15-19-7-5-6-8-22(19)26)20-11-14-24(29-3)25(16-20)30-4/h5-16H,17H2,1-4H3/b23-15+. The summed E-state index contributed by atoms with van der Waals surface area (Å²) in [5.41, 5.74) is 4.40. The maximum atomic E-state index is 5.53. The molecule has 0 fully saturated rings. The molecule has 0 atom stereocenters. The first-order valence-electron chi connectivity index (χ1n) is 9.58. The Morgan fingerprint density at radius 2 is 1.57 bits per heavy atom. The Labute approximate surface area is 186 Å². The molecule has 156 valence electrons. The van der Waals surface area contributed by atoms with E-state index in [1.54, 1.807) is 21.3 Å². The summed E-state index contributed by atoms with van der Waals surface area (Å²) in [4.78, 5) is 2.22. The molecule has 0 amide bonds. The van der Waals surface area contributed by atoms with Crippen molar-refractivity contribution >= 4 is 27.7 Å². The summed E-state index contributed by atoms with van der Waals surface area (Å²) < 4.78 is 17.3. The first kappa shape index (κ1) is 21.8. The predicted octanol–water partition coefficient (Wildman–Crippen LogP) is 6.11. The minimum atomic E-state index is 0.700. The fraction of sp³-hybridized carbons (Fsp3) is 0.200. The van der Waals surface area contributed by atoms with Crippen LogP contribution in [0.15, 0.2) is 71.2 Å². The van der Waals surface area contributed by atoms with E-state index in [0.717, 1.165) is 33.6 Å². The molecule has 0 unspecified atom stereocenters. The third-order valence-electron chi connectivity index (χ3n) is 4.87. The quantitative estimate of drug-likeness (QED) is 0.374. The van der Waals surface area contributed by atoms with Crippen LogP contribution in [0.4, 0.5) is 0 Å². The highest BCUT2D eigenvalue weighted by Crippen LogP contribution is 2.33. The fourth-order valence-electron chi connectivity index (χ4n) is 3.24. The van der Waals surface area contributed by atoms with Crippen molar-refractivity contribution in [3.8, 4) is 17.2 Å². The topological polar surface area (TPSA) is 30.9 Å². The zero-order valence-corrected chi connectivity index (χ0v) is 19.3. The van der Waals surface area contributed by atoms with Crippen LogP contribution < -0.4 is 14.2 Å². The summed E-state index contributed by atoms with van der Waals surface area (Å²) in [5, 5.41) is 0. The minimum Gasteiger partial charge on any atom is -0.497 e. The lowest BCUT2D eigenvalue weighted by Gasteiger charge is -2.24. The van der Waals surface area contributed by atoms with Crippen LogP contribution in [0.5, 0.6) is 17.2 Å². The van der Waals surface area contributed by atoms with Crippen molar-refractivity contribution in [2.45, 2.75) is 6.54 Å². The van der Waals surface area contributed by atoms with E-state index in [9.17, 15) is 0 Å². The van der Waals surface area contributed by atoms with Crippen molar-refractivity contribution in [1.29, 1.82) is 0 Å². The summed E-state index contributed by atoms with van der Waals surface area (Å²) in [7, 11) is 7.06. The van der Waals surface area contributed by atoms with Gasteiger partial charge in [0.2, 0.25) is 0 Å². The fourth-order valence-corrected chi connectivity index (χ4v) is 3.64. The molecule has 4 nitrogen and oxygen atoms in total. The molecule has 0 saturated heterocycles. The summed E-state index contributed by atoms with van der Waals surface area (Å²) in [6, 6.07) is 22.3. The summed E-state index contributed by atoms with van der Waals surface area (Å²) >= 11 is 3.66. The largest absolute Gasteiger partial charge is 0.497 e.